The lowest BCUT2D eigenvalue weighted by atomic mass is 9.97. The van der Waals surface area contributed by atoms with E-state index in [4.69, 9.17) is 10.5 Å². The average molecular weight is 257 g/mol. The molecule has 19 heavy (non-hydrogen) atoms. The largest absolute Gasteiger partial charge is 0.469 e. The summed E-state index contributed by atoms with van der Waals surface area (Å²) < 4.78 is 4.56. The minimum Gasteiger partial charge on any atom is -0.469 e. The quantitative estimate of drug-likeness (QED) is 0.623. The first kappa shape index (κ1) is 14.5. The summed E-state index contributed by atoms with van der Waals surface area (Å²) in [6.45, 7) is 0.583. The highest BCUT2D eigenvalue weighted by Gasteiger charge is 2.15. The molecule has 0 amide bonds. The zero-order valence-electron chi connectivity index (χ0n) is 10.7. The number of esters is 1. The number of nitrogens with zero attached hydrogens (tertiary/aromatic N) is 2. The fourth-order valence-electron chi connectivity index (χ4n) is 1.58. The maximum Gasteiger partial charge on any atom is 0.307 e. The van der Waals surface area contributed by atoms with Gasteiger partial charge in [-0.1, -0.05) is 12.1 Å². The van der Waals surface area contributed by atoms with Crippen molar-refractivity contribution in [3.63, 3.8) is 0 Å². The third-order valence-corrected chi connectivity index (χ3v) is 2.63. The number of rotatable bonds is 6. The highest BCUT2D eigenvalue weighted by atomic mass is 16.5. The van der Waals surface area contributed by atoms with Crippen molar-refractivity contribution in [2.75, 3.05) is 19.0 Å². The molecule has 0 heterocycles. The van der Waals surface area contributed by atoms with E-state index in [1.54, 1.807) is 12.1 Å². The maximum absolute atomic E-state index is 11.2. The van der Waals surface area contributed by atoms with E-state index in [2.05, 4.69) is 16.1 Å². The number of methoxy groups -OCH3 is 1. The van der Waals surface area contributed by atoms with Crippen LogP contribution in [-0.4, -0.2) is 19.6 Å². The van der Waals surface area contributed by atoms with Gasteiger partial charge in [0.1, 0.15) is 0 Å². The Labute approximate surface area is 112 Å². The van der Waals surface area contributed by atoms with E-state index in [0.29, 0.717) is 13.0 Å². The molecule has 1 atom stereocenters. The van der Waals surface area contributed by atoms with E-state index >= 15 is 0 Å². The molecule has 1 unspecified atom stereocenters. The Hall–Kier alpha value is -2.53. The van der Waals surface area contributed by atoms with Gasteiger partial charge < -0.3 is 10.1 Å². The number of benzene rings is 1. The number of carbonyl (C=O) groups excluding carboxylic acids is 1. The van der Waals surface area contributed by atoms with Crippen molar-refractivity contribution in [3.8, 4) is 12.1 Å². The molecule has 0 aliphatic rings. The van der Waals surface area contributed by atoms with Crippen LogP contribution in [0.15, 0.2) is 24.3 Å². The highest BCUT2D eigenvalue weighted by molar-refractivity contribution is 5.71. The van der Waals surface area contributed by atoms with Crippen molar-refractivity contribution >= 4 is 11.7 Å². The Balaban J connectivity index is 2.66. The van der Waals surface area contributed by atoms with Gasteiger partial charge in [0.15, 0.2) is 0 Å². The molecule has 0 spiro atoms. The Bertz CT molecular complexity index is 497. The van der Waals surface area contributed by atoms with Crippen LogP contribution in [0, 0.1) is 22.7 Å². The number of anilines is 1. The van der Waals surface area contributed by atoms with Crippen molar-refractivity contribution in [2.24, 2.45) is 0 Å². The summed E-state index contributed by atoms with van der Waals surface area (Å²) in [7, 11) is 1.30. The second-order valence-electron chi connectivity index (χ2n) is 3.92. The summed E-state index contributed by atoms with van der Waals surface area (Å²) in [5, 5.41) is 20.6. The molecule has 0 saturated carbocycles. The van der Waals surface area contributed by atoms with Gasteiger partial charge in [-0.15, -0.1) is 0 Å². The third-order valence-electron chi connectivity index (χ3n) is 2.63. The zero-order valence-corrected chi connectivity index (χ0v) is 10.7. The first-order chi connectivity index (χ1) is 9.21. The smallest absolute Gasteiger partial charge is 0.307 e. The predicted molar refractivity (Wildman–Crippen MR) is 70.1 cm³/mol. The minimum atomic E-state index is -0.499. The molecule has 0 bridgehead atoms. The number of nitrogens with one attached hydrogen (secondary N) is 1. The zero-order chi connectivity index (χ0) is 14.1. The SMILES string of the molecule is COC(=O)CC(C#N)c1ccc(NCCC#N)cc1. The van der Waals surface area contributed by atoms with Crippen LogP contribution in [0.2, 0.25) is 0 Å². The Morgan fingerprint density at radius 1 is 1.37 bits per heavy atom. The predicted octanol–water partition coefficient (Wildman–Crippen LogP) is 2.18. The lowest BCUT2D eigenvalue weighted by molar-refractivity contribution is -0.140. The Morgan fingerprint density at radius 2 is 2.05 bits per heavy atom. The molecule has 1 aromatic rings. The van der Waals surface area contributed by atoms with Gasteiger partial charge >= 0.3 is 5.97 Å². The minimum absolute atomic E-state index is 0.0498. The van der Waals surface area contributed by atoms with E-state index in [-0.39, 0.29) is 6.42 Å². The molecule has 1 N–H and O–H groups in total. The molecule has 0 aliphatic heterocycles. The molecule has 0 aliphatic carbocycles. The Kier molecular flexibility index (Phi) is 5.91. The van der Waals surface area contributed by atoms with Crippen molar-refractivity contribution in [2.45, 2.75) is 18.8 Å². The van der Waals surface area contributed by atoms with Gasteiger partial charge in [0.05, 0.1) is 38.0 Å². The molecule has 5 heteroatoms. The van der Waals surface area contributed by atoms with Gasteiger partial charge in [0, 0.05) is 12.2 Å². The van der Waals surface area contributed by atoms with Gasteiger partial charge in [-0.05, 0) is 17.7 Å². The molecule has 1 aromatic carbocycles. The third kappa shape index (κ3) is 4.69. The average Bonchev–Trinajstić information content (AvgIpc) is 2.45. The van der Waals surface area contributed by atoms with Gasteiger partial charge in [-0.3, -0.25) is 4.79 Å². The number of nitriles is 2. The standard InChI is InChI=1S/C14H15N3O2/c1-19-14(18)9-12(10-16)11-3-5-13(6-4-11)17-8-2-7-15/h3-6,12,17H,2,8-9H2,1H3. The van der Waals surface area contributed by atoms with Crippen LogP contribution in [0.4, 0.5) is 5.69 Å². The number of ether oxygens (including phenoxy) is 1. The monoisotopic (exact) mass is 257 g/mol. The molecule has 0 aromatic heterocycles. The second-order valence-corrected chi connectivity index (χ2v) is 3.92. The van der Waals surface area contributed by atoms with E-state index in [9.17, 15) is 4.79 Å². The molecule has 5 nitrogen and oxygen atoms in total. The van der Waals surface area contributed by atoms with Crippen LogP contribution in [0.3, 0.4) is 0 Å². The topological polar surface area (TPSA) is 85.9 Å². The normalized spacial score (nSPS) is 10.9. The first-order valence-corrected chi connectivity index (χ1v) is 5.88. The van der Waals surface area contributed by atoms with Gasteiger partial charge in [-0.25, -0.2) is 0 Å². The van der Waals surface area contributed by atoms with Gasteiger partial charge in [0.25, 0.3) is 0 Å². The van der Waals surface area contributed by atoms with Crippen LogP contribution in [0.5, 0.6) is 0 Å². The van der Waals surface area contributed by atoms with E-state index in [1.807, 2.05) is 18.2 Å². The van der Waals surface area contributed by atoms with Crippen LogP contribution in [0.1, 0.15) is 24.3 Å². The molecule has 0 radical (unpaired) electrons. The summed E-state index contributed by atoms with van der Waals surface area (Å²) in [6.07, 6.45) is 0.485. The summed E-state index contributed by atoms with van der Waals surface area (Å²) in [4.78, 5) is 11.2. The van der Waals surface area contributed by atoms with Crippen LogP contribution in [0.25, 0.3) is 0 Å². The lowest BCUT2D eigenvalue weighted by Crippen LogP contribution is -2.07. The molecule has 1 rings (SSSR count). The van der Waals surface area contributed by atoms with Gasteiger partial charge in [-0.2, -0.15) is 10.5 Å². The second kappa shape index (κ2) is 7.73. The van der Waals surface area contributed by atoms with Crippen molar-refractivity contribution in [3.05, 3.63) is 29.8 Å². The van der Waals surface area contributed by atoms with Gasteiger partial charge in [0.2, 0.25) is 0 Å². The van der Waals surface area contributed by atoms with E-state index in [1.165, 1.54) is 7.11 Å². The van der Waals surface area contributed by atoms with Crippen molar-refractivity contribution in [1.82, 2.24) is 0 Å². The lowest BCUT2D eigenvalue weighted by Gasteiger charge is -2.09. The molecule has 0 fully saturated rings. The van der Waals surface area contributed by atoms with Crippen LogP contribution < -0.4 is 5.32 Å². The number of hydrogen-bond acceptors (Lipinski definition) is 5. The van der Waals surface area contributed by atoms with E-state index < -0.39 is 11.9 Å². The fraction of sp³-hybridized carbons (Fsp3) is 0.357. The summed E-state index contributed by atoms with van der Waals surface area (Å²) in [5.41, 5.74) is 1.66. The number of hydrogen-bond donors (Lipinski definition) is 1. The Morgan fingerprint density at radius 3 is 2.58 bits per heavy atom. The molecule has 98 valence electrons. The summed E-state index contributed by atoms with van der Waals surface area (Å²) in [6, 6.07) is 11.4. The fourth-order valence-corrected chi connectivity index (χ4v) is 1.58. The first-order valence-electron chi connectivity index (χ1n) is 5.88. The maximum atomic E-state index is 11.2. The number of carbonyl (C=O) groups is 1. The van der Waals surface area contributed by atoms with E-state index in [0.717, 1.165) is 11.3 Å². The summed E-state index contributed by atoms with van der Waals surface area (Å²) in [5.74, 6) is -0.900. The molecule has 0 saturated heterocycles. The summed E-state index contributed by atoms with van der Waals surface area (Å²) >= 11 is 0. The van der Waals surface area contributed by atoms with Crippen LogP contribution in [-0.2, 0) is 9.53 Å². The molecular formula is C14H15N3O2. The molecular weight excluding hydrogens is 242 g/mol. The van der Waals surface area contributed by atoms with Crippen LogP contribution >= 0.6 is 0 Å². The van der Waals surface area contributed by atoms with Crippen molar-refractivity contribution < 1.29 is 9.53 Å². The highest BCUT2D eigenvalue weighted by Crippen LogP contribution is 2.21. The van der Waals surface area contributed by atoms with Crippen molar-refractivity contribution in [1.29, 1.82) is 10.5 Å².